The largest absolute Gasteiger partial charge is 0.350 e. The molecule has 1 aromatic heterocycles. The number of fused-ring (bicyclic) bond motifs is 1. The highest BCUT2D eigenvalue weighted by atomic mass is 16.2. The van der Waals surface area contributed by atoms with Gasteiger partial charge in [-0.1, -0.05) is 6.08 Å². The number of H-pyrrole nitrogens is 1. The second-order valence-corrected chi connectivity index (χ2v) is 9.02. The summed E-state index contributed by atoms with van der Waals surface area (Å²) in [5, 5.41) is 16.1. The molecule has 6 rings (SSSR count). The Labute approximate surface area is 181 Å². The first-order valence-electron chi connectivity index (χ1n) is 11.5. The summed E-state index contributed by atoms with van der Waals surface area (Å²) in [6.07, 6.45) is 8.34. The molecule has 2 saturated heterocycles. The maximum Gasteiger partial charge on any atom is 0.243 e. The first-order valence-corrected chi connectivity index (χ1v) is 11.5. The van der Waals surface area contributed by atoms with E-state index in [1.807, 2.05) is 6.07 Å². The lowest BCUT2D eigenvalue weighted by atomic mass is 10.2. The van der Waals surface area contributed by atoms with Crippen LogP contribution in [-0.2, 0) is 4.79 Å². The van der Waals surface area contributed by atoms with Crippen LogP contribution < -0.4 is 16.1 Å². The smallest absolute Gasteiger partial charge is 0.243 e. The van der Waals surface area contributed by atoms with Gasteiger partial charge in [0.25, 0.3) is 0 Å². The number of guanidine groups is 1. The van der Waals surface area contributed by atoms with Crippen molar-refractivity contribution in [2.24, 2.45) is 9.98 Å². The van der Waals surface area contributed by atoms with Gasteiger partial charge in [-0.25, -0.2) is 4.99 Å². The van der Waals surface area contributed by atoms with Crippen molar-refractivity contribution in [1.82, 2.24) is 36.2 Å². The lowest BCUT2D eigenvalue weighted by Crippen LogP contribution is -2.57. The van der Waals surface area contributed by atoms with Gasteiger partial charge in [-0.05, 0) is 45.1 Å². The Balaban J connectivity index is 1.25. The van der Waals surface area contributed by atoms with Gasteiger partial charge in [-0.3, -0.25) is 20.3 Å². The third-order valence-corrected chi connectivity index (χ3v) is 6.71. The summed E-state index contributed by atoms with van der Waals surface area (Å²) in [6.45, 7) is 3.48. The van der Waals surface area contributed by atoms with Crippen LogP contribution in [0.25, 0.3) is 0 Å². The Bertz CT molecular complexity index is 954. The number of hydrazine groups is 1. The monoisotopic (exact) mass is 423 g/mol. The van der Waals surface area contributed by atoms with Crippen LogP contribution in [0.2, 0.25) is 0 Å². The van der Waals surface area contributed by atoms with E-state index in [9.17, 15) is 4.79 Å². The number of amidine groups is 1. The predicted octanol–water partition coefficient (Wildman–Crippen LogP) is 0.723. The minimum absolute atomic E-state index is 0.0957. The Kier molecular flexibility index (Phi) is 4.66. The number of nitrogens with zero attached hydrogens (tertiary/aromatic N) is 5. The molecule has 1 aromatic rings. The van der Waals surface area contributed by atoms with E-state index < -0.39 is 0 Å². The molecule has 1 amide bonds. The molecule has 4 N–H and O–H groups in total. The molecular weight excluding hydrogens is 394 g/mol. The van der Waals surface area contributed by atoms with E-state index in [2.05, 4.69) is 42.2 Å². The molecule has 0 unspecified atom stereocenters. The Hall–Kier alpha value is -2.88. The van der Waals surface area contributed by atoms with Crippen molar-refractivity contribution in [2.75, 3.05) is 26.2 Å². The van der Waals surface area contributed by atoms with Crippen molar-refractivity contribution in [3.63, 3.8) is 0 Å². The quantitative estimate of drug-likeness (QED) is 0.568. The Morgan fingerprint density at radius 3 is 3.00 bits per heavy atom. The fraction of sp³-hybridized carbons (Fsp3) is 0.619. The Morgan fingerprint density at radius 2 is 2.16 bits per heavy atom. The van der Waals surface area contributed by atoms with Crippen LogP contribution in [0.1, 0.15) is 50.1 Å². The second kappa shape index (κ2) is 7.67. The van der Waals surface area contributed by atoms with Crippen LogP contribution in [-0.4, -0.2) is 76.1 Å². The zero-order chi connectivity index (χ0) is 20.8. The van der Waals surface area contributed by atoms with Gasteiger partial charge in [0.05, 0.1) is 5.70 Å². The Morgan fingerprint density at radius 1 is 1.23 bits per heavy atom. The molecule has 4 aliphatic heterocycles. The van der Waals surface area contributed by atoms with Crippen molar-refractivity contribution < 1.29 is 4.79 Å². The molecule has 5 aliphatic rings. The van der Waals surface area contributed by atoms with E-state index >= 15 is 0 Å². The molecule has 10 nitrogen and oxygen atoms in total. The van der Waals surface area contributed by atoms with Gasteiger partial charge in [0.15, 0.2) is 11.7 Å². The fourth-order valence-electron chi connectivity index (χ4n) is 4.87. The molecule has 2 atom stereocenters. The number of likely N-dealkylation sites (tertiary alicyclic amines) is 1. The molecule has 0 spiro atoms. The van der Waals surface area contributed by atoms with E-state index in [1.165, 1.54) is 12.8 Å². The van der Waals surface area contributed by atoms with E-state index in [0.717, 1.165) is 63.3 Å². The van der Waals surface area contributed by atoms with Crippen molar-refractivity contribution in [3.05, 3.63) is 23.5 Å². The highest BCUT2D eigenvalue weighted by Gasteiger charge is 2.37. The minimum atomic E-state index is -0.201. The highest BCUT2D eigenvalue weighted by Crippen LogP contribution is 2.40. The average molecular weight is 424 g/mol. The number of hydrogen-bond acceptors (Lipinski definition) is 7. The van der Waals surface area contributed by atoms with Gasteiger partial charge >= 0.3 is 0 Å². The van der Waals surface area contributed by atoms with Crippen LogP contribution in [0, 0.1) is 0 Å². The van der Waals surface area contributed by atoms with Crippen molar-refractivity contribution in [3.8, 4) is 0 Å². The number of amides is 1. The molecule has 1 saturated carbocycles. The zero-order valence-corrected chi connectivity index (χ0v) is 17.6. The third-order valence-electron chi connectivity index (χ3n) is 6.71. The summed E-state index contributed by atoms with van der Waals surface area (Å²) >= 11 is 0. The van der Waals surface area contributed by atoms with Crippen LogP contribution in [0.3, 0.4) is 0 Å². The summed E-state index contributed by atoms with van der Waals surface area (Å²) in [7, 11) is 0. The maximum atomic E-state index is 13.0. The molecule has 164 valence electrons. The first-order chi connectivity index (χ1) is 15.2. The van der Waals surface area contributed by atoms with Gasteiger partial charge in [-0.2, -0.15) is 10.1 Å². The van der Waals surface area contributed by atoms with Gasteiger partial charge in [0.1, 0.15) is 6.04 Å². The van der Waals surface area contributed by atoms with E-state index in [4.69, 9.17) is 9.98 Å². The second-order valence-electron chi connectivity index (χ2n) is 9.02. The number of rotatable bonds is 4. The van der Waals surface area contributed by atoms with Gasteiger partial charge in [0, 0.05) is 43.4 Å². The molecule has 0 bridgehead atoms. The molecule has 5 heterocycles. The summed E-state index contributed by atoms with van der Waals surface area (Å²) in [6, 6.07) is 2.05. The molecule has 10 heteroatoms. The highest BCUT2D eigenvalue weighted by molar-refractivity contribution is 6.09. The summed E-state index contributed by atoms with van der Waals surface area (Å²) in [4.78, 5) is 24.7. The van der Waals surface area contributed by atoms with Crippen LogP contribution in [0.4, 0.5) is 5.82 Å². The van der Waals surface area contributed by atoms with Crippen molar-refractivity contribution in [1.29, 1.82) is 0 Å². The van der Waals surface area contributed by atoms with E-state index in [-0.39, 0.29) is 18.0 Å². The van der Waals surface area contributed by atoms with Crippen LogP contribution in [0.15, 0.2) is 27.8 Å². The summed E-state index contributed by atoms with van der Waals surface area (Å²) in [5.74, 6) is 2.73. The standard InChI is InChI=1S/C21H29N9O/c31-20(23-14-7-8-22-12-14)17-4-1-9-29(17)21-25-19(16-3-2-10-30(16)28-21)24-18-11-15(26-27-18)13-5-6-13/h3,11,13-14,17,22H,1-2,4-10,12H2,(H,23,31)(H2,24,25,26,27,28)/t14-,17-/m0/s1. The van der Waals surface area contributed by atoms with Crippen LogP contribution in [0.5, 0.6) is 0 Å². The number of carbonyl (C=O) groups is 1. The maximum absolute atomic E-state index is 13.0. The molecule has 3 fully saturated rings. The minimum Gasteiger partial charge on any atom is -0.350 e. The number of aromatic amines is 1. The van der Waals surface area contributed by atoms with E-state index in [0.29, 0.717) is 23.5 Å². The number of hydrogen-bond donors (Lipinski definition) is 4. The molecule has 31 heavy (non-hydrogen) atoms. The number of aromatic nitrogens is 2. The number of aliphatic imine (C=N–C) groups is 2. The number of nitrogens with one attached hydrogen (secondary N) is 4. The van der Waals surface area contributed by atoms with E-state index in [1.54, 1.807) is 0 Å². The topological polar surface area (TPSA) is 113 Å². The molecule has 1 aliphatic carbocycles. The summed E-state index contributed by atoms with van der Waals surface area (Å²) < 4.78 is 0. The van der Waals surface area contributed by atoms with Crippen LogP contribution >= 0.6 is 0 Å². The molecule has 0 radical (unpaired) electrons. The lowest BCUT2D eigenvalue weighted by Gasteiger charge is -2.35. The van der Waals surface area contributed by atoms with Crippen molar-refractivity contribution in [2.45, 2.75) is 56.5 Å². The fourth-order valence-corrected chi connectivity index (χ4v) is 4.87. The average Bonchev–Trinajstić information content (AvgIpc) is 3.27. The van der Waals surface area contributed by atoms with Gasteiger partial charge < -0.3 is 15.5 Å². The lowest BCUT2D eigenvalue weighted by molar-refractivity contribution is -0.125. The predicted molar refractivity (Wildman–Crippen MR) is 117 cm³/mol. The molecule has 0 aromatic carbocycles. The first kappa shape index (κ1) is 18.9. The normalized spacial score (nSPS) is 29.1. The van der Waals surface area contributed by atoms with Gasteiger partial charge in [0.2, 0.25) is 11.9 Å². The summed E-state index contributed by atoms with van der Waals surface area (Å²) in [5.41, 5.74) is 5.57. The van der Waals surface area contributed by atoms with Crippen molar-refractivity contribution >= 4 is 23.5 Å². The third kappa shape index (κ3) is 3.69. The molecular formula is C21H29N9O. The van der Waals surface area contributed by atoms with Gasteiger partial charge in [-0.15, -0.1) is 0 Å². The zero-order valence-electron chi connectivity index (χ0n) is 17.6. The SMILES string of the molecule is O=C(N[C@H]1CCNC1)[C@@H]1CCCN1C1=NC(=Nc2cc(C3CC3)[nH]n2)C2=CCCN2N1. The number of carbonyl (C=O) groups excluding carboxylic acids is 1.